The number of hydrogen-bond acceptors (Lipinski definition) is 7. The average molecular weight is 503 g/mol. The molecule has 2 heterocycles. The van der Waals surface area contributed by atoms with Gasteiger partial charge in [-0.3, -0.25) is 20.2 Å². The van der Waals surface area contributed by atoms with Crippen LogP contribution in [-0.2, 0) is 0 Å². The van der Waals surface area contributed by atoms with E-state index in [1.165, 1.54) is 12.1 Å². The summed E-state index contributed by atoms with van der Waals surface area (Å²) in [4.78, 5) is 27.8. The Balaban J connectivity index is 1.48. The van der Waals surface area contributed by atoms with E-state index in [-0.39, 0.29) is 28.3 Å². The monoisotopic (exact) mass is 502 g/mol. The molecule has 0 spiro atoms. The van der Waals surface area contributed by atoms with Crippen molar-refractivity contribution in [1.82, 2.24) is 14.8 Å². The van der Waals surface area contributed by atoms with Crippen molar-refractivity contribution in [3.05, 3.63) is 111 Å². The van der Waals surface area contributed by atoms with Gasteiger partial charge in [-0.1, -0.05) is 54.1 Å². The van der Waals surface area contributed by atoms with Crippen molar-refractivity contribution >= 4 is 40.8 Å². The van der Waals surface area contributed by atoms with E-state index in [0.29, 0.717) is 5.95 Å². The minimum Gasteiger partial charge on any atom is -0.497 e. The van der Waals surface area contributed by atoms with Gasteiger partial charge >= 0.3 is 0 Å². The van der Waals surface area contributed by atoms with Crippen LogP contribution in [0.2, 0.25) is 5.02 Å². The van der Waals surface area contributed by atoms with E-state index in [4.69, 9.17) is 16.3 Å². The van der Waals surface area contributed by atoms with Gasteiger partial charge in [-0.25, -0.2) is 4.68 Å². The van der Waals surface area contributed by atoms with Gasteiger partial charge in [0.25, 0.3) is 17.5 Å². The molecule has 0 saturated heterocycles. The third-order valence-electron chi connectivity index (χ3n) is 5.64. The molecule has 0 unspecified atom stereocenters. The first-order valence-electron chi connectivity index (χ1n) is 10.8. The van der Waals surface area contributed by atoms with Crippen LogP contribution in [0.1, 0.15) is 27.5 Å². The van der Waals surface area contributed by atoms with E-state index in [2.05, 4.69) is 20.7 Å². The zero-order valence-electron chi connectivity index (χ0n) is 18.9. The molecule has 0 bridgehead atoms. The standard InChI is InChI=1S/C25H19ClN6O4/c1-36-18-10-7-16(8-11-18)21-14-20(15-5-3-2-4-6-15)27-25-29-24(30-31(21)25)28-23(33)17-9-12-19(26)22(13-17)32(34)35/h2-14,21H,1H3,(H2,27,28,29,30,33)/t21-/m1/s1. The number of amides is 1. The average Bonchev–Trinajstić information content (AvgIpc) is 3.31. The number of nitro groups is 1. The topological polar surface area (TPSA) is 124 Å². The van der Waals surface area contributed by atoms with Crippen LogP contribution < -0.4 is 15.4 Å². The summed E-state index contributed by atoms with van der Waals surface area (Å²) in [5.41, 5.74) is 2.43. The van der Waals surface area contributed by atoms with Crippen LogP contribution in [0.3, 0.4) is 0 Å². The highest BCUT2D eigenvalue weighted by molar-refractivity contribution is 6.32. The van der Waals surface area contributed by atoms with Crippen LogP contribution >= 0.6 is 11.6 Å². The Morgan fingerprint density at radius 2 is 1.89 bits per heavy atom. The number of fused-ring (bicyclic) bond motifs is 1. The maximum Gasteiger partial charge on any atom is 0.288 e. The van der Waals surface area contributed by atoms with Crippen LogP contribution in [0, 0.1) is 10.1 Å². The summed E-state index contributed by atoms with van der Waals surface area (Å²) in [6.07, 6.45) is 2.02. The first kappa shape index (κ1) is 23.1. The number of ether oxygens (including phenoxy) is 1. The molecule has 180 valence electrons. The van der Waals surface area contributed by atoms with E-state index in [1.807, 2.05) is 60.7 Å². The fourth-order valence-electron chi connectivity index (χ4n) is 3.84. The molecule has 36 heavy (non-hydrogen) atoms. The quantitative estimate of drug-likeness (QED) is 0.276. The van der Waals surface area contributed by atoms with Crippen molar-refractivity contribution in [2.45, 2.75) is 6.04 Å². The number of nitrogens with one attached hydrogen (secondary N) is 2. The lowest BCUT2D eigenvalue weighted by atomic mass is 10.0. The maximum absolute atomic E-state index is 12.8. The van der Waals surface area contributed by atoms with Gasteiger partial charge in [0.05, 0.1) is 12.0 Å². The molecular formula is C25H19ClN6O4. The molecule has 1 aliphatic heterocycles. The number of allylic oxidation sites excluding steroid dienone is 1. The predicted octanol–water partition coefficient (Wildman–Crippen LogP) is 5.16. The number of carbonyl (C=O) groups is 1. The van der Waals surface area contributed by atoms with Crippen molar-refractivity contribution in [2.24, 2.45) is 0 Å². The number of carbonyl (C=O) groups excluding carboxylic acids is 1. The van der Waals surface area contributed by atoms with E-state index in [0.717, 1.165) is 28.6 Å². The lowest BCUT2D eigenvalue weighted by Crippen LogP contribution is -2.20. The largest absolute Gasteiger partial charge is 0.497 e. The van der Waals surface area contributed by atoms with Gasteiger partial charge in [-0.05, 0) is 41.5 Å². The van der Waals surface area contributed by atoms with Crippen molar-refractivity contribution < 1.29 is 14.5 Å². The van der Waals surface area contributed by atoms with E-state index >= 15 is 0 Å². The van der Waals surface area contributed by atoms with Crippen LogP contribution in [0.4, 0.5) is 17.6 Å². The fourth-order valence-corrected chi connectivity index (χ4v) is 4.02. The van der Waals surface area contributed by atoms with Gasteiger partial charge in [0.2, 0.25) is 5.95 Å². The van der Waals surface area contributed by atoms with Gasteiger partial charge < -0.3 is 10.1 Å². The maximum atomic E-state index is 12.8. The van der Waals surface area contributed by atoms with Crippen molar-refractivity contribution in [2.75, 3.05) is 17.7 Å². The zero-order valence-corrected chi connectivity index (χ0v) is 19.6. The Labute approximate surface area is 210 Å². The summed E-state index contributed by atoms with van der Waals surface area (Å²) < 4.78 is 6.94. The molecule has 1 aromatic heterocycles. The van der Waals surface area contributed by atoms with Gasteiger partial charge in [-0.2, -0.15) is 4.98 Å². The van der Waals surface area contributed by atoms with Crippen molar-refractivity contribution in [3.63, 3.8) is 0 Å². The lowest BCUT2D eigenvalue weighted by Gasteiger charge is -2.24. The van der Waals surface area contributed by atoms with Gasteiger partial charge in [0.15, 0.2) is 0 Å². The number of rotatable bonds is 6. The normalized spacial score (nSPS) is 14.3. The number of nitrogens with zero attached hydrogens (tertiary/aromatic N) is 4. The van der Waals surface area contributed by atoms with E-state index < -0.39 is 10.8 Å². The first-order chi connectivity index (χ1) is 17.4. The molecule has 3 aromatic carbocycles. The second-order valence-electron chi connectivity index (χ2n) is 7.87. The third-order valence-corrected chi connectivity index (χ3v) is 5.96. The van der Waals surface area contributed by atoms with Gasteiger partial charge in [-0.15, -0.1) is 5.10 Å². The summed E-state index contributed by atoms with van der Waals surface area (Å²) in [5, 5.41) is 21.5. The minimum absolute atomic E-state index is 0.0429. The molecule has 1 atom stereocenters. The van der Waals surface area contributed by atoms with Crippen LogP contribution in [0.25, 0.3) is 5.70 Å². The summed E-state index contributed by atoms with van der Waals surface area (Å²) in [6.45, 7) is 0. The lowest BCUT2D eigenvalue weighted by molar-refractivity contribution is -0.384. The second kappa shape index (κ2) is 9.51. The molecule has 0 saturated carbocycles. The Morgan fingerprint density at radius 1 is 1.14 bits per heavy atom. The van der Waals surface area contributed by atoms with E-state index in [9.17, 15) is 14.9 Å². The SMILES string of the molecule is COc1ccc([C@H]2C=C(c3ccccc3)Nc3nc(NC(=O)c4ccc(Cl)c([N+](=O)[O-])c4)nn32)cc1. The van der Waals surface area contributed by atoms with E-state index in [1.54, 1.807) is 11.8 Å². The number of methoxy groups -OCH3 is 1. The molecule has 11 heteroatoms. The predicted molar refractivity (Wildman–Crippen MR) is 135 cm³/mol. The van der Waals surface area contributed by atoms with Crippen molar-refractivity contribution in [3.8, 4) is 5.75 Å². The number of anilines is 2. The highest BCUT2D eigenvalue weighted by atomic mass is 35.5. The highest BCUT2D eigenvalue weighted by Gasteiger charge is 2.26. The summed E-state index contributed by atoms with van der Waals surface area (Å²) in [6, 6.07) is 20.9. The second-order valence-corrected chi connectivity index (χ2v) is 8.28. The molecule has 10 nitrogen and oxygen atoms in total. The number of aromatic nitrogens is 3. The highest BCUT2D eigenvalue weighted by Crippen LogP contribution is 2.34. The number of halogens is 1. The Kier molecular flexibility index (Phi) is 6.09. The summed E-state index contributed by atoms with van der Waals surface area (Å²) in [7, 11) is 1.60. The molecular weight excluding hydrogens is 484 g/mol. The molecule has 1 aliphatic rings. The van der Waals surface area contributed by atoms with Gasteiger partial charge in [0, 0.05) is 17.3 Å². The zero-order chi connectivity index (χ0) is 25.2. The first-order valence-corrected chi connectivity index (χ1v) is 11.2. The Bertz CT molecular complexity index is 1480. The molecule has 0 fully saturated rings. The summed E-state index contributed by atoms with van der Waals surface area (Å²) >= 11 is 5.86. The Morgan fingerprint density at radius 3 is 2.58 bits per heavy atom. The van der Waals surface area contributed by atoms with Crippen LogP contribution in [0.15, 0.2) is 78.9 Å². The van der Waals surface area contributed by atoms with Crippen LogP contribution in [0.5, 0.6) is 5.75 Å². The molecule has 0 aliphatic carbocycles. The minimum atomic E-state index is -0.646. The van der Waals surface area contributed by atoms with Crippen LogP contribution in [-0.4, -0.2) is 32.7 Å². The molecule has 1 amide bonds. The third kappa shape index (κ3) is 4.49. The molecule has 0 radical (unpaired) electrons. The Hall–Kier alpha value is -4.70. The molecule has 2 N–H and O–H groups in total. The summed E-state index contributed by atoms with van der Waals surface area (Å²) in [5.74, 6) is 0.592. The number of nitro benzene ring substituents is 1. The fraction of sp³-hybridized carbons (Fsp3) is 0.0800. The molecule has 4 aromatic rings. The van der Waals surface area contributed by atoms with Crippen molar-refractivity contribution in [1.29, 1.82) is 0 Å². The number of hydrogen-bond donors (Lipinski definition) is 2. The number of benzene rings is 3. The van der Waals surface area contributed by atoms with Gasteiger partial charge in [0.1, 0.15) is 16.8 Å². The smallest absolute Gasteiger partial charge is 0.288 e. The molecule has 5 rings (SSSR count).